The minimum Gasteiger partial charge on any atom is -1.00 e. The molecule has 0 spiro atoms. The van der Waals surface area contributed by atoms with E-state index in [0.29, 0.717) is 0 Å². The van der Waals surface area contributed by atoms with E-state index >= 15 is 0 Å². The minimum atomic E-state index is 0. The van der Waals surface area contributed by atoms with Gasteiger partial charge in [-0.2, -0.15) is 0 Å². The first-order valence-corrected chi connectivity index (χ1v) is 3.71. The lowest BCUT2D eigenvalue weighted by Crippen LogP contribution is -3.00. The fourth-order valence-corrected chi connectivity index (χ4v) is 0. The zero-order chi connectivity index (χ0) is 9.00. The van der Waals surface area contributed by atoms with Gasteiger partial charge in [0.25, 0.3) is 0 Å². The number of hydrogen-bond acceptors (Lipinski definition) is 0. The summed E-state index contributed by atoms with van der Waals surface area (Å²) in [6.07, 6.45) is 0. The van der Waals surface area contributed by atoms with E-state index in [4.69, 9.17) is 0 Å². The molecule has 0 amide bonds. The summed E-state index contributed by atoms with van der Waals surface area (Å²) in [4.78, 5) is 0. The van der Waals surface area contributed by atoms with Crippen molar-refractivity contribution in [3.05, 3.63) is 0 Å². The van der Waals surface area contributed by atoms with Crippen LogP contribution in [0.15, 0.2) is 0 Å². The standard InChI is InChI=1S/2C4H11N.BrH.HI/c2*1-4(2,3)5;;/h2*5H2,1-3H3;2*1H. The highest BCUT2D eigenvalue weighted by Crippen LogP contribution is 1.84. The third-order valence-corrected chi connectivity index (χ3v) is 0. The van der Waals surface area contributed by atoms with Gasteiger partial charge in [0, 0.05) is 0 Å². The van der Waals surface area contributed by atoms with E-state index in [2.05, 4.69) is 53.0 Å². The van der Waals surface area contributed by atoms with Crippen molar-refractivity contribution in [1.82, 2.24) is 0 Å². The van der Waals surface area contributed by atoms with Crippen molar-refractivity contribution in [2.75, 3.05) is 0 Å². The first-order chi connectivity index (χ1) is 4.00. The monoisotopic (exact) mass is 354 g/mol. The quantitative estimate of drug-likeness (QED) is 0.407. The van der Waals surface area contributed by atoms with E-state index in [1.165, 1.54) is 0 Å². The largest absolute Gasteiger partial charge is 1.00 e. The van der Waals surface area contributed by atoms with Gasteiger partial charge in [-0.15, -0.1) is 0 Å². The van der Waals surface area contributed by atoms with Gasteiger partial charge in [-0.1, -0.05) is 0 Å². The fourth-order valence-electron chi connectivity index (χ4n) is 0. The molecule has 0 aliphatic heterocycles. The SMILES string of the molecule is CC(C)(C)[NH3+].CC(C)(C)[NH3+].[Br-].[I-]. The van der Waals surface area contributed by atoms with Crippen LogP contribution in [0.2, 0.25) is 0 Å². The van der Waals surface area contributed by atoms with Crippen molar-refractivity contribution in [2.24, 2.45) is 0 Å². The van der Waals surface area contributed by atoms with Crippen molar-refractivity contribution in [1.29, 1.82) is 0 Å². The maximum Gasteiger partial charge on any atom is 0.0860 e. The molecule has 2 nitrogen and oxygen atoms in total. The molecule has 0 heterocycles. The topological polar surface area (TPSA) is 55.3 Å². The average Bonchev–Trinajstić information content (AvgIpc) is 1.12. The predicted molar refractivity (Wildman–Crippen MR) is 45.3 cm³/mol. The molecule has 0 saturated heterocycles. The van der Waals surface area contributed by atoms with Crippen LogP contribution in [0, 0.1) is 0 Å². The molecule has 4 heteroatoms. The molecule has 0 aliphatic carbocycles. The van der Waals surface area contributed by atoms with Gasteiger partial charge in [-0.3, -0.25) is 0 Å². The van der Waals surface area contributed by atoms with Crippen LogP contribution in [-0.4, -0.2) is 11.1 Å². The molecule has 0 aromatic heterocycles. The molecule has 0 saturated carbocycles. The second-order valence-electron chi connectivity index (χ2n) is 5.12. The maximum atomic E-state index is 3.77. The van der Waals surface area contributed by atoms with Gasteiger partial charge >= 0.3 is 0 Å². The Hall–Kier alpha value is 1.13. The van der Waals surface area contributed by atoms with Crippen molar-refractivity contribution < 1.29 is 52.4 Å². The molecule has 0 aromatic carbocycles. The van der Waals surface area contributed by atoms with Gasteiger partial charge in [-0.05, 0) is 41.5 Å². The fraction of sp³-hybridized carbons (Fsp3) is 1.00. The van der Waals surface area contributed by atoms with Gasteiger partial charge in [0.2, 0.25) is 0 Å². The van der Waals surface area contributed by atoms with Crippen LogP contribution in [0.25, 0.3) is 0 Å². The van der Waals surface area contributed by atoms with Crippen LogP contribution in [-0.2, 0) is 0 Å². The van der Waals surface area contributed by atoms with Crippen molar-refractivity contribution in [3.8, 4) is 0 Å². The first kappa shape index (κ1) is 23.2. The molecular formula is C8H24BrIN2. The van der Waals surface area contributed by atoms with Gasteiger partial charge in [0.05, 0.1) is 11.1 Å². The lowest BCUT2D eigenvalue weighted by atomic mass is 10.1. The molecule has 0 aliphatic rings. The smallest absolute Gasteiger partial charge is 0.0860 e. The average molecular weight is 355 g/mol. The number of hydrogen-bond donors (Lipinski definition) is 2. The zero-order valence-corrected chi connectivity index (χ0v) is 12.9. The number of halogens is 2. The summed E-state index contributed by atoms with van der Waals surface area (Å²) in [5.41, 5.74) is 8.04. The predicted octanol–water partition coefficient (Wildman–Crippen LogP) is -5.94. The van der Waals surface area contributed by atoms with Crippen molar-refractivity contribution in [3.63, 3.8) is 0 Å². The lowest BCUT2D eigenvalue weighted by molar-refractivity contribution is -0.459. The van der Waals surface area contributed by atoms with Crippen LogP contribution < -0.4 is 52.4 Å². The second kappa shape index (κ2) is 8.72. The van der Waals surface area contributed by atoms with Gasteiger partial charge in [-0.25, -0.2) is 0 Å². The Kier molecular flexibility index (Phi) is 16.8. The summed E-state index contributed by atoms with van der Waals surface area (Å²) >= 11 is 0. The minimum absolute atomic E-state index is 0. The Morgan fingerprint density at radius 1 is 0.667 bits per heavy atom. The Morgan fingerprint density at radius 2 is 0.667 bits per heavy atom. The summed E-state index contributed by atoms with van der Waals surface area (Å²) in [5, 5.41) is 0. The van der Waals surface area contributed by atoms with E-state index < -0.39 is 0 Å². The molecule has 0 rings (SSSR count). The van der Waals surface area contributed by atoms with Crippen molar-refractivity contribution in [2.45, 2.75) is 52.6 Å². The molecule has 0 fully saturated rings. The van der Waals surface area contributed by atoms with Crippen molar-refractivity contribution >= 4 is 0 Å². The Balaban J connectivity index is -0.0000000457. The lowest BCUT2D eigenvalue weighted by Gasteiger charge is -2.01. The Bertz CT molecular complexity index is 60.0. The van der Waals surface area contributed by atoms with Gasteiger partial charge < -0.3 is 52.4 Å². The van der Waals surface area contributed by atoms with E-state index in [1.807, 2.05) is 0 Å². The summed E-state index contributed by atoms with van der Waals surface area (Å²) in [6, 6.07) is 0. The molecule has 12 heavy (non-hydrogen) atoms. The molecule has 6 N–H and O–H groups in total. The van der Waals surface area contributed by atoms with E-state index in [0.717, 1.165) is 0 Å². The summed E-state index contributed by atoms with van der Waals surface area (Å²) in [6.45, 7) is 12.5. The van der Waals surface area contributed by atoms with Crippen LogP contribution in [0.5, 0.6) is 0 Å². The van der Waals surface area contributed by atoms with Crippen LogP contribution in [0.4, 0.5) is 0 Å². The molecule has 80 valence electrons. The second-order valence-corrected chi connectivity index (χ2v) is 5.12. The molecule has 0 atom stereocenters. The van der Waals surface area contributed by atoms with E-state index in [1.54, 1.807) is 0 Å². The highest BCUT2D eigenvalue weighted by Gasteiger charge is 2.01. The summed E-state index contributed by atoms with van der Waals surface area (Å²) in [5.74, 6) is 0. The molecular weight excluding hydrogens is 331 g/mol. The molecule has 0 unspecified atom stereocenters. The Morgan fingerprint density at radius 3 is 0.667 bits per heavy atom. The maximum absolute atomic E-state index is 3.77. The zero-order valence-electron chi connectivity index (χ0n) is 9.17. The van der Waals surface area contributed by atoms with Crippen LogP contribution in [0.1, 0.15) is 41.5 Å². The van der Waals surface area contributed by atoms with E-state index in [-0.39, 0.29) is 52.0 Å². The highest BCUT2D eigenvalue weighted by atomic mass is 127. The first-order valence-electron chi connectivity index (χ1n) is 3.71. The summed E-state index contributed by atoms with van der Waals surface area (Å²) < 4.78 is 0. The molecule has 0 bridgehead atoms. The number of rotatable bonds is 0. The highest BCUT2D eigenvalue weighted by molar-refractivity contribution is 4.48. The van der Waals surface area contributed by atoms with Gasteiger partial charge in [0.15, 0.2) is 0 Å². The normalized spacial score (nSPS) is 10.0. The van der Waals surface area contributed by atoms with Crippen LogP contribution in [0.3, 0.4) is 0 Å². The third-order valence-electron chi connectivity index (χ3n) is 0. The Labute approximate surface area is 105 Å². The summed E-state index contributed by atoms with van der Waals surface area (Å²) in [7, 11) is 0. The number of quaternary nitrogens is 2. The molecule has 0 radical (unpaired) electrons. The molecule has 0 aromatic rings. The van der Waals surface area contributed by atoms with E-state index in [9.17, 15) is 0 Å². The third kappa shape index (κ3) is 894. The van der Waals surface area contributed by atoms with Gasteiger partial charge in [0.1, 0.15) is 0 Å². The van der Waals surface area contributed by atoms with Crippen LogP contribution >= 0.6 is 0 Å².